The zero-order chi connectivity index (χ0) is 9.47. The zero-order valence-electron chi connectivity index (χ0n) is 7.67. The van der Waals surface area contributed by atoms with E-state index in [1.807, 2.05) is 25.1 Å². The summed E-state index contributed by atoms with van der Waals surface area (Å²) in [7, 11) is 5.71. The summed E-state index contributed by atoms with van der Waals surface area (Å²) in [5, 5.41) is 8.99. The van der Waals surface area contributed by atoms with Crippen molar-refractivity contribution in [1.29, 1.82) is 5.26 Å². The van der Waals surface area contributed by atoms with E-state index < -0.39 is 0 Å². The molecule has 0 saturated heterocycles. The van der Waals surface area contributed by atoms with Gasteiger partial charge in [-0.15, -0.1) is 0 Å². The lowest BCUT2D eigenvalue weighted by Gasteiger charge is -2.08. The first-order chi connectivity index (χ1) is 6.18. The molecule has 62 valence electrons. The minimum atomic E-state index is -0.182. The van der Waals surface area contributed by atoms with Gasteiger partial charge in [-0.25, -0.2) is 0 Å². The van der Waals surface area contributed by atoms with Gasteiger partial charge in [-0.3, -0.25) is 0 Å². The van der Waals surface area contributed by atoms with Crippen LogP contribution in [0.15, 0.2) is 18.2 Å². The van der Waals surface area contributed by atoms with Gasteiger partial charge in [-0.2, -0.15) is 5.26 Å². The molecule has 2 heteroatoms. The summed E-state index contributed by atoms with van der Waals surface area (Å²) in [4.78, 5) is 0. The molecule has 2 radical (unpaired) electrons. The predicted octanol–water partition coefficient (Wildman–Crippen LogP) is 1.34. The van der Waals surface area contributed by atoms with E-state index >= 15 is 0 Å². The number of hydrogen-bond acceptors (Lipinski definition) is 1. The molecule has 1 nitrogen and oxygen atoms in total. The van der Waals surface area contributed by atoms with Crippen LogP contribution in [0.5, 0.6) is 0 Å². The summed E-state index contributed by atoms with van der Waals surface area (Å²) in [5.41, 5.74) is 2.82. The van der Waals surface area contributed by atoms with E-state index in [0.29, 0.717) is 0 Å². The van der Waals surface area contributed by atoms with Crippen LogP contribution in [-0.4, -0.2) is 7.85 Å². The Bertz CT molecular complexity index is 386. The summed E-state index contributed by atoms with van der Waals surface area (Å²) in [6, 6.07) is 8.27. The first-order valence-electron chi connectivity index (χ1n) is 4.46. The maximum atomic E-state index is 8.99. The highest BCUT2D eigenvalue weighted by molar-refractivity contribution is 6.33. The van der Waals surface area contributed by atoms with E-state index in [4.69, 9.17) is 13.1 Å². The Hall–Kier alpha value is -1.23. The van der Waals surface area contributed by atoms with Crippen LogP contribution in [0.1, 0.15) is 24.0 Å². The smallest absolute Gasteiger partial charge is 0.114 e. The average Bonchev–Trinajstić information content (AvgIpc) is 2.90. The van der Waals surface area contributed by atoms with Gasteiger partial charge in [0.2, 0.25) is 0 Å². The van der Waals surface area contributed by atoms with Gasteiger partial charge in [0, 0.05) is 0 Å². The SMILES string of the molecule is [B]c1ccc(C2(C#N)CC2)cc1C. The van der Waals surface area contributed by atoms with Crippen LogP contribution in [0.2, 0.25) is 0 Å². The minimum Gasteiger partial charge on any atom is -0.197 e. The van der Waals surface area contributed by atoms with E-state index in [0.717, 1.165) is 29.4 Å². The Morgan fingerprint density at radius 2 is 2.15 bits per heavy atom. The van der Waals surface area contributed by atoms with Crippen molar-refractivity contribution in [3.8, 4) is 6.07 Å². The van der Waals surface area contributed by atoms with E-state index in [9.17, 15) is 0 Å². The quantitative estimate of drug-likeness (QED) is 0.579. The van der Waals surface area contributed by atoms with Gasteiger partial charge < -0.3 is 0 Å². The molecular formula is C11H10BN. The molecule has 0 aromatic heterocycles. The normalized spacial score (nSPS) is 17.8. The van der Waals surface area contributed by atoms with Crippen LogP contribution < -0.4 is 5.46 Å². The minimum absolute atomic E-state index is 0.182. The molecule has 0 spiro atoms. The van der Waals surface area contributed by atoms with Crippen LogP contribution in [0.4, 0.5) is 0 Å². The third kappa shape index (κ3) is 1.25. The molecule has 1 aliphatic rings. The lowest BCUT2D eigenvalue weighted by Crippen LogP contribution is -2.10. The van der Waals surface area contributed by atoms with Crippen molar-refractivity contribution in [3.63, 3.8) is 0 Å². The highest BCUT2D eigenvalue weighted by atomic mass is 14.5. The van der Waals surface area contributed by atoms with Crippen LogP contribution in [0.25, 0.3) is 0 Å². The second-order valence-electron chi connectivity index (χ2n) is 3.77. The molecule has 0 aliphatic heterocycles. The van der Waals surface area contributed by atoms with Gasteiger partial charge in [-0.1, -0.05) is 29.2 Å². The second kappa shape index (κ2) is 2.63. The van der Waals surface area contributed by atoms with E-state index in [1.54, 1.807) is 0 Å². The molecule has 1 aromatic rings. The van der Waals surface area contributed by atoms with Crippen LogP contribution in [0.3, 0.4) is 0 Å². The topological polar surface area (TPSA) is 23.8 Å². The van der Waals surface area contributed by atoms with Gasteiger partial charge in [-0.05, 0) is 25.3 Å². The Kier molecular flexibility index (Phi) is 1.70. The summed E-state index contributed by atoms with van der Waals surface area (Å²) >= 11 is 0. The number of aryl methyl sites for hydroxylation is 1. The van der Waals surface area contributed by atoms with Crippen LogP contribution in [-0.2, 0) is 5.41 Å². The van der Waals surface area contributed by atoms with Crippen LogP contribution >= 0.6 is 0 Å². The number of rotatable bonds is 1. The molecule has 13 heavy (non-hydrogen) atoms. The lowest BCUT2D eigenvalue weighted by atomic mass is 9.87. The molecular weight excluding hydrogens is 157 g/mol. The first kappa shape index (κ1) is 8.38. The zero-order valence-corrected chi connectivity index (χ0v) is 7.67. The summed E-state index contributed by atoms with van der Waals surface area (Å²) < 4.78 is 0. The van der Waals surface area contributed by atoms with Gasteiger partial charge in [0.1, 0.15) is 7.85 Å². The fourth-order valence-corrected chi connectivity index (χ4v) is 1.56. The number of nitriles is 1. The molecule has 2 rings (SSSR count). The number of nitrogens with zero attached hydrogens (tertiary/aromatic N) is 1. The number of benzene rings is 1. The molecule has 0 bridgehead atoms. The largest absolute Gasteiger partial charge is 0.197 e. The standard InChI is InChI=1S/C11H10BN/c1-8-6-9(2-3-10(8)12)11(7-13)4-5-11/h2-3,6H,4-5H2,1H3. The van der Waals surface area contributed by atoms with Crippen LogP contribution in [0, 0.1) is 18.3 Å². The van der Waals surface area contributed by atoms with E-state index in [1.165, 1.54) is 0 Å². The molecule has 0 atom stereocenters. The van der Waals surface area contributed by atoms with Crippen molar-refractivity contribution in [1.82, 2.24) is 0 Å². The monoisotopic (exact) mass is 167 g/mol. The molecule has 1 saturated carbocycles. The predicted molar refractivity (Wildman–Crippen MR) is 53.1 cm³/mol. The fourth-order valence-electron chi connectivity index (χ4n) is 1.56. The van der Waals surface area contributed by atoms with Crippen molar-refractivity contribution in [2.24, 2.45) is 0 Å². The van der Waals surface area contributed by atoms with Gasteiger partial charge in [0.05, 0.1) is 11.5 Å². The maximum absolute atomic E-state index is 8.99. The van der Waals surface area contributed by atoms with Gasteiger partial charge in [0.25, 0.3) is 0 Å². The molecule has 1 fully saturated rings. The van der Waals surface area contributed by atoms with Gasteiger partial charge >= 0.3 is 0 Å². The first-order valence-corrected chi connectivity index (χ1v) is 4.46. The van der Waals surface area contributed by atoms with Crippen molar-refractivity contribution < 1.29 is 0 Å². The fraction of sp³-hybridized carbons (Fsp3) is 0.364. The molecule has 0 unspecified atom stereocenters. The van der Waals surface area contributed by atoms with Gasteiger partial charge in [0.15, 0.2) is 0 Å². The summed E-state index contributed by atoms with van der Waals surface area (Å²) in [6.07, 6.45) is 1.99. The molecule has 1 aliphatic carbocycles. The Morgan fingerprint density at radius 1 is 1.46 bits per heavy atom. The van der Waals surface area contributed by atoms with Crippen molar-refractivity contribution in [2.75, 3.05) is 0 Å². The highest BCUT2D eigenvalue weighted by Crippen LogP contribution is 2.47. The summed E-state index contributed by atoms with van der Waals surface area (Å²) in [6.45, 7) is 1.98. The molecule has 0 amide bonds. The Morgan fingerprint density at radius 3 is 2.62 bits per heavy atom. The second-order valence-corrected chi connectivity index (χ2v) is 3.77. The average molecular weight is 167 g/mol. The van der Waals surface area contributed by atoms with Crippen molar-refractivity contribution in [2.45, 2.75) is 25.2 Å². The molecule has 0 N–H and O–H groups in total. The third-order valence-electron chi connectivity index (χ3n) is 2.79. The Balaban J connectivity index is 2.44. The van der Waals surface area contributed by atoms with Crippen molar-refractivity contribution in [3.05, 3.63) is 29.3 Å². The third-order valence-corrected chi connectivity index (χ3v) is 2.79. The lowest BCUT2D eigenvalue weighted by molar-refractivity contribution is 0.907. The highest BCUT2D eigenvalue weighted by Gasteiger charge is 2.44. The van der Waals surface area contributed by atoms with E-state index in [-0.39, 0.29) is 5.41 Å². The maximum Gasteiger partial charge on any atom is 0.114 e. The number of hydrogen-bond donors (Lipinski definition) is 0. The Labute approximate surface area is 79.8 Å². The van der Waals surface area contributed by atoms with E-state index in [2.05, 4.69) is 6.07 Å². The molecule has 1 aromatic carbocycles. The summed E-state index contributed by atoms with van der Waals surface area (Å²) in [5.74, 6) is 0. The van der Waals surface area contributed by atoms with Crippen molar-refractivity contribution >= 4 is 13.3 Å². The molecule has 0 heterocycles.